The predicted octanol–water partition coefficient (Wildman–Crippen LogP) is 23.5. The van der Waals surface area contributed by atoms with Crippen molar-refractivity contribution < 1.29 is 58.0 Å². The summed E-state index contributed by atoms with van der Waals surface area (Å²) in [6, 6.07) is 62.1. The van der Waals surface area contributed by atoms with E-state index in [0.717, 1.165) is 69.9 Å². The Hall–Kier alpha value is -8.09. The number of hydrogen-bond acceptors (Lipinski definition) is 14. The van der Waals surface area contributed by atoms with Gasteiger partial charge in [0.15, 0.2) is 0 Å². The topological polar surface area (TPSA) is 246 Å². The normalized spacial score (nSPS) is 11.8. The van der Waals surface area contributed by atoms with Gasteiger partial charge in [0.1, 0.15) is 42.9 Å². The Labute approximate surface area is 671 Å². The molecule has 15 nitrogen and oxygen atoms in total. The summed E-state index contributed by atoms with van der Waals surface area (Å²) in [5.41, 5.74) is 14.9. The molecular weight excluding hydrogens is 1660 g/mol. The highest BCUT2D eigenvalue weighted by atomic mass is 79.9. The van der Waals surface area contributed by atoms with Crippen LogP contribution in [-0.2, 0) is 54.3 Å². The molecule has 10 aromatic rings. The predicted molar refractivity (Wildman–Crippen MR) is 444 cm³/mol. The van der Waals surface area contributed by atoms with Crippen molar-refractivity contribution in [3.05, 3.63) is 263 Å². The second kappa shape index (κ2) is 43.6. The van der Waals surface area contributed by atoms with E-state index in [4.69, 9.17) is 36.7 Å². The zero-order valence-corrected chi connectivity index (χ0v) is 69.4. The number of ether oxygens (including phenoxy) is 2. The van der Waals surface area contributed by atoms with Crippen LogP contribution in [0.3, 0.4) is 0 Å². The molecule has 7 aromatic carbocycles. The molecule has 0 saturated carbocycles. The van der Waals surface area contributed by atoms with Gasteiger partial charge >= 0.3 is 28.6 Å². The number of hydrogen-bond donors (Lipinski definition) is 5. The van der Waals surface area contributed by atoms with E-state index >= 15 is 0 Å². The molecule has 558 valence electrons. The molecule has 0 fully saturated rings. The first-order chi connectivity index (χ1) is 50.0. The number of benzene rings is 7. The molecule has 10 rings (SSSR count). The second-order valence-electron chi connectivity index (χ2n) is 26.1. The van der Waals surface area contributed by atoms with Crippen molar-refractivity contribution in [2.45, 2.75) is 106 Å². The van der Waals surface area contributed by atoms with Crippen molar-refractivity contribution in [1.29, 1.82) is 0 Å². The van der Waals surface area contributed by atoms with Gasteiger partial charge in [-0.2, -0.15) is 0 Å². The van der Waals surface area contributed by atoms with Gasteiger partial charge in [0, 0.05) is 64.0 Å². The maximum atomic E-state index is 13.1. The number of nitrogens with one attached hydrogen (secondary N) is 2. The lowest BCUT2D eigenvalue weighted by Gasteiger charge is -2.20. The quantitative estimate of drug-likeness (QED) is 0.0352. The number of anilines is 3. The number of halogens is 6. The van der Waals surface area contributed by atoms with Crippen molar-refractivity contribution in [2.75, 3.05) is 16.4 Å². The Bertz CT molecular complexity index is 4430. The lowest BCUT2D eigenvalue weighted by Crippen LogP contribution is -2.26. The van der Waals surface area contributed by atoms with Crippen molar-refractivity contribution in [2.24, 2.45) is 23.7 Å². The summed E-state index contributed by atoms with van der Waals surface area (Å²) in [5.74, 6) is -3.84. The van der Waals surface area contributed by atoms with E-state index in [-0.39, 0.29) is 52.3 Å². The Morgan fingerprint density at radius 3 is 0.991 bits per heavy atom. The summed E-state index contributed by atoms with van der Waals surface area (Å²) < 4.78 is 13.1. The van der Waals surface area contributed by atoms with Crippen LogP contribution in [0.5, 0.6) is 0 Å². The minimum absolute atomic E-state index is 0.0888. The van der Waals surface area contributed by atoms with Crippen LogP contribution in [0.25, 0.3) is 33.4 Å². The summed E-state index contributed by atoms with van der Waals surface area (Å²) in [5, 5.41) is 30.7. The first-order valence-electron chi connectivity index (χ1n) is 33.1. The van der Waals surface area contributed by atoms with Crippen molar-refractivity contribution in [3.63, 3.8) is 0 Å². The molecule has 0 aliphatic heterocycles. The highest BCUT2D eigenvalue weighted by molar-refractivity contribution is 9.11. The molecule has 0 radical (unpaired) electrons. The van der Waals surface area contributed by atoms with E-state index < -0.39 is 33.8 Å². The number of carboxylic acid groups (broad SMARTS) is 2. The largest absolute Gasteiger partial charge is 0.481 e. The highest BCUT2D eigenvalue weighted by Gasteiger charge is 2.29. The lowest BCUT2D eigenvalue weighted by molar-refractivity contribution is -0.141. The van der Waals surface area contributed by atoms with Gasteiger partial charge in [-0.1, -0.05) is 233 Å². The molecule has 24 heteroatoms. The van der Waals surface area contributed by atoms with Gasteiger partial charge in [0.2, 0.25) is 17.1 Å². The molecule has 6 N–H and O–H groups in total. The van der Waals surface area contributed by atoms with Crippen LogP contribution < -0.4 is 16.4 Å². The number of thiophene rings is 3. The fraction of sp³-hybridized carbons (Fsp3) is 0.244. The third kappa shape index (κ3) is 31.0. The smallest absolute Gasteiger partial charge is 0.342 e. The van der Waals surface area contributed by atoms with Gasteiger partial charge in [-0.3, -0.25) is 24.0 Å². The van der Waals surface area contributed by atoms with Crippen LogP contribution in [0.1, 0.15) is 123 Å². The molecule has 0 aliphatic rings. The van der Waals surface area contributed by atoms with E-state index in [2.05, 4.69) is 81.6 Å². The number of nitrogen functional groups attached to an aromatic ring is 1. The minimum Gasteiger partial charge on any atom is -0.481 e. The molecule has 0 saturated heterocycles. The Kier molecular flexibility index (Phi) is 36.5. The van der Waals surface area contributed by atoms with Crippen LogP contribution in [0.15, 0.2) is 224 Å². The third-order valence-corrected chi connectivity index (χ3v) is 19.6. The van der Waals surface area contributed by atoms with Crippen LogP contribution in [0.2, 0.25) is 0 Å². The zero-order valence-electron chi connectivity index (χ0n) is 59.9. The van der Waals surface area contributed by atoms with Crippen molar-refractivity contribution in [1.82, 2.24) is 0 Å². The number of carboxylic acids is 2. The molecule has 0 bridgehead atoms. The fourth-order valence-electron chi connectivity index (χ4n) is 9.78. The number of aliphatic carboxylic acids is 1. The summed E-state index contributed by atoms with van der Waals surface area (Å²) in [7, 11) is 0. The Balaban J connectivity index is 0.000000245. The maximum Gasteiger partial charge on any atom is 0.342 e. The highest BCUT2D eigenvalue weighted by Crippen LogP contribution is 2.40. The number of carbonyl (C=O) groups excluding carboxylic acids is 6. The summed E-state index contributed by atoms with van der Waals surface area (Å²) >= 11 is 28.3. The van der Waals surface area contributed by atoms with Crippen LogP contribution in [-0.4, -0.2) is 67.1 Å². The SMILES string of the molecule is CC(C)(C)OC(=O)c1c(-c2ccc(Br)cc2)csc1N.CC(Cc1ccccc1)C(=O)Cl.CC(Cc1ccccc1)C(=O)Nc1scc(-c2ccc(Br)cc2)c1C(=O)O.CC(Cc1ccccc1)C(=O)Nc1scc(-c2ccc(Br)cc2)c1C(=O)OC(C)(C)C.CC(Cc1ccccc1)C(=O)O.O=C(Cl)Cl. The molecule has 3 heterocycles. The fourth-order valence-corrected chi connectivity index (χ4v) is 13.4. The Morgan fingerprint density at radius 1 is 0.415 bits per heavy atom. The lowest BCUT2D eigenvalue weighted by atomic mass is 10.00. The second-order valence-corrected chi connectivity index (χ2v) is 32.8. The average molecular weight is 1740 g/mol. The van der Waals surface area contributed by atoms with E-state index in [1.807, 2.05) is 267 Å². The van der Waals surface area contributed by atoms with Crippen molar-refractivity contribution >= 4 is 177 Å². The minimum atomic E-state index is -1.06. The first kappa shape index (κ1) is 88.5. The van der Waals surface area contributed by atoms with Crippen LogP contribution in [0, 0.1) is 23.7 Å². The summed E-state index contributed by atoms with van der Waals surface area (Å²) in [6.45, 7) is 18.3. The monoisotopic (exact) mass is 1740 g/mol. The summed E-state index contributed by atoms with van der Waals surface area (Å²) in [4.78, 5) is 92.9. The Morgan fingerprint density at radius 2 is 0.689 bits per heavy atom. The van der Waals surface area contributed by atoms with Gasteiger partial charge in [0.05, 0.1) is 5.92 Å². The third-order valence-electron chi connectivity index (χ3n) is 15.0. The number of amides is 2. The van der Waals surface area contributed by atoms with Gasteiger partial charge in [-0.15, -0.1) is 34.0 Å². The van der Waals surface area contributed by atoms with E-state index in [1.54, 1.807) is 12.3 Å². The molecule has 4 unspecified atom stereocenters. The molecule has 2 amide bonds. The number of esters is 2. The molecule has 3 aromatic heterocycles. The molecule has 106 heavy (non-hydrogen) atoms. The van der Waals surface area contributed by atoms with E-state index in [1.165, 1.54) is 34.0 Å². The van der Waals surface area contributed by atoms with Crippen molar-refractivity contribution in [3.8, 4) is 33.4 Å². The summed E-state index contributed by atoms with van der Waals surface area (Å²) in [6.07, 6.45) is 2.55. The van der Waals surface area contributed by atoms with E-state index in [0.29, 0.717) is 51.0 Å². The van der Waals surface area contributed by atoms with E-state index in [9.17, 15) is 38.7 Å². The number of aromatic carboxylic acids is 1. The average Bonchev–Trinajstić information content (AvgIpc) is 1.66. The number of rotatable bonds is 20. The van der Waals surface area contributed by atoms with Gasteiger partial charge in [-0.25, -0.2) is 14.4 Å². The number of carbonyl (C=O) groups is 8. The standard InChI is InChI=1S/C25H26BrNO3S.C21H18BrNO3S.C15H16BrNO2S.C10H11ClO.C10H12O2.CCl2O/c1-16(14-17-8-6-5-7-9-17)22(28)27-23-21(24(29)30-25(2,3)4)20(15-31-23)18-10-12-19(26)13-11-18;1-13(11-14-5-3-2-4-6-14)19(24)23-20-18(21(25)26)17(12-27-20)15-7-9-16(22)10-8-15;1-15(2,3)19-14(18)12-11(8-20-13(12)17)9-4-6-10(16)7-5-9;2*1-8(10(11)12)7-9-5-3-2-4-6-9;2-1(3)4/h5-13,15-16H,14H2,1-4H3,(H,27,28);2-10,12-13H,11H2,1H3,(H,23,24)(H,25,26);4-8H,17H2,1-3H3;2-6,8H,7H2,1H3;2-6,8H,7H2,1H3,(H,11,12);. The van der Waals surface area contributed by atoms with Gasteiger partial charge in [0.25, 0.3) is 0 Å². The van der Waals surface area contributed by atoms with Gasteiger partial charge < -0.3 is 36.1 Å². The molecular formula is C82H83Br3Cl3N3O12S3. The number of nitrogens with two attached hydrogens (primary N) is 1. The van der Waals surface area contributed by atoms with Crippen LogP contribution >= 0.6 is 117 Å². The molecule has 4 atom stereocenters. The van der Waals surface area contributed by atoms with Crippen LogP contribution in [0.4, 0.5) is 19.8 Å². The zero-order chi connectivity index (χ0) is 78.4. The molecule has 0 spiro atoms. The maximum absolute atomic E-state index is 13.1. The van der Waals surface area contributed by atoms with Gasteiger partial charge in [-0.05, 0) is 177 Å². The first-order valence-corrected chi connectivity index (χ1v) is 39.3. The molecule has 0 aliphatic carbocycles.